The number of nitrogens with zero attached hydrogens (tertiary/aromatic N) is 4. The van der Waals surface area contributed by atoms with Crippen LogP contribution >= 0.6 is 27.5 Å². The lowest BCUT2D eigenvalue weighted by Gasteiger charge is -2.09. The first kappa shape index (κ1) is 14.0. The Hall–Kier alpha value is -1.92. The maximum Gasteiger partial charge on any atom is 0.188 e. The molecule has 0 fully saturated rings. The van der Waals surface area contributed by atoms with Gasteiger partial charge in [-0.05, 0) is 53.2 Å². The molecule has 0 bridgehead atoms. The molecule has 2 aromatic carbocycles. The maximum atomic E-state index is 6.27. The van der Waals surface area contributed by atoms with Crippen molar-refractivity contribution in [3.05, 3.63) is 51.5 Å². The van der Waals surface area contributed by atoms with Crippen molar-refractivity contribution in [3.63, 3.8) is 0 Å². The van der Waals surface area contributed by atoms with Gasteiger partial charge in [0.25, 0.3) is 0 Å². The van der Waals surface area contributed by atoms with Crippen molar-refractivity contribution in [1.29, 1.82) is 0 Å². The smallest absolute Gasteiger partial charge is 0.188 e. The zero-order valence-electron chi connectivity index (χ0n) is 11.1. The van der Waals surface area contributed by atoms with Crippen molar-refractivity contribution >= 4 is 33.2 Å². The van der Waals surface area contributed by atoms with Crippen molar-refractivity contribution in [2.24, 2.45) is 0 Å². The van der Waals surface area contributed by atoms with Crippen LogP contribution < -0.4 is 5.73 Å². The molecule has 0 atom stereocenters. The molecule has 7 heteroatoms. The Morgan fingerprint density at radius 1 is 1.19 bits per heavy atom. The van der Waals surface area contributed by atoms with E-state index in [4.69, 9.17) is 17.3 Å². The number of rotatable bonds is 2. The lowest BCUT2D eigenvalue weighted by Crippen LogP contribution is -2.02. The predicted molar refractivity (Wildman–Crippen MR) is 86.4 cm³/mol. The van der Waals surface area contributed by atoms with Crippen LogP contribution in [0.3, 0.4) is 0 Å². The first-order valence-electron chi connectivity index (χ1n) is 6.16. The van der Waals surface area contributed by atoms with Crippen molar-refractivity contribution in [2.75, 3.05) is 5.73 Å². The topological polar surface area (TPSA) is 69.6 Å². The summed E-state index contributed by atoms with van der Waals surface area (Å²) in [5.41, 5.74) is 9.09. The lowest BCUT2D eigenvalue weighted by atomic mass is 10.1. The van der Waals surface area contributed by atoms with Gasteiger partial charge in [-0.2, -0.15) is 4.68 Å². The molecule has 0 aliphatic rings. The summed E-state index contributed by atoms with van der Waals surface area (Å²) < 4.78 is 2.46. The monoisotopic (exact) mass is 363 g/mol. The SMILES string of the molecule is Cc1ccc(Cl)c(-n2nnnc2-c2cc(N)ccc2Br)c1. The Morgan fingerprint density at radius 3 is 2.81 bits per heavy atom. The summed E-state index contributed by atoms with van der Waals surface area (Å²) in [6.45, 7) is 1.99. The number of tetrazole rings is 1. The number of halogens is 2. The van der Waals surface area contributed by atoms with E-state index in [2.05, 4.69) is 31.5 Å². The van der Waals surface area contributed by atoms with Gasteiger partial charge in [0.1, 0.15) is 0 Å². The van der Waals surface area contributed by atoms with Crippen LogP contribution in [0.1, 0.15) is 5.56 Å². The van der Waals surface area contributed by atoms with Gasteiger partial charge >= 0.3 is 0 Å². The molecule has 1 aromatic heterocycles. The third-order valence-corrected chi connectivity index (χ3v) is 4.04. The molecule has 0 aliphatic heterocycles. The van der Waals surface area contributed by atoms with Gasteiger partial charge in [0, 0.05) is 15.7 Å². The van der Waals surface area contributed by atoms with Gasteiger partial charge in [-0.1, -0.05) is 33.6 Å². The maximum absolute atomic E-state index is 6.27. The van der Waals surface area contributed by atoms with Crippen LogP contribution in [0.5, 0.6) is 0 Å². The molecule has 0 spiro atoms. The van der Waals surface area contributed by atoms with Gasteiger partial charge in [-0.15, -0.1) is 5.10 Å². The molecule has 0 aliphatic carbocycles. The first-order chi connectivity index (χ1) is 10.1. The number of nitrogen functional groups attached to an aromatic ring is 1. The molecule has 0 unspecified atom stereocenters. The molecule has 3 aromatic rings. The molecular weight excluding hydrogens is 354 g/mol. The Kier molecular flexibility index (Phi) is 3.65. The van der Waals surface area contributed by atoms with Crippen LogP contribution in [0.4, 0.5) is 5.69 Å². The zero-order valence-corrected chi connectivity index (χ0v) is 13.4. The number of hydrogen-bond acceptors (Lipinski definition) is 4. The van der Waals surface area contributed by atoms with E-state index >= 15 is 0 Å². The van der Waals surface area contributed by atoms with Gasteiger partial charge < -0.3 is 5.73 Å². The van der Waals surface area contributed by atoms with E-state index in [-0.39, 0.29) is 0 Å². The second kappa shape index (κ2) is 5.46. The lowest BCUT2D eigenvalue weighted by molar-refractivity contribution is 0.790. The normalized spacial score (nSPS) is 10.8. The summed E-state index contributed by atoms with van der Waals surface area (Å²) in [5, 5.41) is 12.5. The molecule has 5 nitrogen and oxygen atoms in total. The third-order valence-electron chi connectivity index (χ3n) is 3.03. The van der Waals surface area contributed by atoms with E-state index in [0.717, 1.165) is 21.3 Å². The largest absolute Gasteiger partial charge is 0.399 e. The summed E-state index contributed by atoms with van der Waals surface area (Å²) in [7, 11) is 0. The molecule has 21 heavy (non-hydrogen) atoms. The number of hydrogen-bond donors (Lipinski definition) is 1. The van der Waals surface area contributed by atoms with Crippen molar-refractivity contribution in [2.45, 2.75) is 6.92 Å². The minimum Gasteiger partial charge on any atom is -0.399 e. The van der Waals surface area contributed by atoms with E-state index in [0.29, 0.717) is 16.5 Å². The summed E-state index contributed by atoms with van der Waals surface area (Å²) in [6.07, 6.45) is 0. The fraction of sp³-hybridized carbons (Fsp3) is 0.0714. The first-order valence-corrected chi connectivity index (χ1v) is 7.33. The van der Waals surface area contributed by atoms with Crippen LogP contribution in [0.2, 0.25) is 5.02 Å². The van der Waals surface area contributed by atoms with Gasteiger partial charge in [-0.3, -0.25) is 0 Å². The molecular formula is C14H11BrClN5. The third kappa shape index (κ3) is 2.64. The average molecular weight is 365 g/mol. The second-order valence-electron chi connectivity index (χ2n) is 4.61. The molecule has 3 rings (SSSR count). The molecule has 1 heterocycles. The van der Waals surface area contributed by atoms with E-state index in [1.165, 1.54) is 0 Å². The van der Waals surface area contributed by atoms with E-state index < -0.39 is 0 Å². The molecule has 0 saturated carbocycles. The Labute approximate surface area is 134 Å². The minimum absolute atomic E-state index is 0.571. The standard InChI is InChI=1S/C14H11BrClN5/c1-8-2-5-12(16)13(6-8)21-14(18-19-20-21)10-7-9(17)3-4-11(10)15/h2-7H,17H2,1H3. The summed E-state index contributed by atoms with van der Waals surface area (Å²) in [4.78, 5) is 0. The number of nitrogens with two attached hydrogens (primary N) is 1. The van der Waals surface area contributed by atoms with E-state index in [1.54, 1.807) is 10.7 Å². The molecule has 2 N–H and O–H groups in total. The van der Waals surface area contributed by atoms with Crippen LogP contribution in [-0.2, 0) is 0 Å². The Balaban J connectivity index is 2.22. The van der Waals surface area contributed by atoms with Crippen LogP contribution in [0.25, 0.3) is 17.1 Å². The zero-order chi connectivity index (χ0) is 15.0. The molecule has 0 amide bonds. The van der Waals surface area contributed by atoms with Gasteiger partial charge in [-0.25, -0.2) is 0 Å². The van der Waals surface area contributed by atoms with Crippen molar-refractivity contribution in [3.8, 4) is 17.1 Å². The minimum atomic E-state index is 0.571. The van der Waals surface area contributed by atoms with Crippen molar-refractivity contribution in [1.82, 2.24) is 20.2 Å². The predicted octanol–water partition coefficient (Wildman–Crippen LogP) is 3.64. The highest BCUT2D eigenvalue weighted by molar-refractivity contribution is 9.10. The van der Waals surface area contributed by atoms with Crippen molar-refractivity contribution < 1.29 is 0 Å². The highest BCUT2D eigenvalue weighted by Crippen LogP contribution is 2.31. The summed E-state index contributed by atoms with van der Waals surface area (Å²) in [5.74, 6) is 0.571. The van der Waals surface area contributed by atoms with Crippen LogP contribution in [0, 0.1) is 6.92 Å². The Morgan fingerprint density at radius 2 is 2.00 bits per heavy atom. The van der Waals surface area contributed by atoms with E-state index in [1.807, 2.05) is 37.3 Å². The summed E-state index contributed by atoms with van der Waals surface area (Å²) in [6, 6.07) is 11.2. The molecule has 0 radical (unpaired) electrons. The highest BCUT2D eigenvalue weighted by Gasteiger charge is 2.16. The number of benzene rings is 2. The average Bonchev–Trinajstić information content (AvgIpc) is 2.93. The number of anilines is 1. The Bertz CT molecular complexity index is 749. The molecule has 106 valence electrons. The quantitative estimate of drug-likeness (QED) is 0.705. The fourth-order valence-corrected chi connectivity index (χ4v) is 2.64. The number of aryl methyl sites for hydroxylation is 1. The second-order valence-corrected chi connectivity index (χ2v) is 5.87. The fourth-order valence-electron chi connectivity index (χ4n) is 2.02. The van der Waals surface area contributed by atoms with Gasteiger partial charge in [0.05, 0.1) is 10.7 Å². The van der Waals surface area contributed by atoms with Gasteiger partial charge in [0.15, 0.2) is 5.82 Å². The van der Waals surface area contributed by atoms with Gasteiger partial charge in [0.2, 0.25) is 0 Å². The van der Waals surface area contributed by atoms with Crippen LogP contribution in [-0.4, -0.2) is 20.2 Å². The van der Waals surface area contributed by atoms with E-state index in [9.17, 15) is 0 Å². The molecule has 0 saturated heterocycles. The highest BCUT2D eigenvalue weighted by atomic mass is 79.9. The van der Waals surface area contributed by atoms with Crippen LogP contribution in [0.15, 0.2) is 40.9 Å². The number of aromatic nitrogens is 4. The summed E-state index contributed by atoms with van der Waals surface area (Å²) >= 11 is 9.76.